The SMILES string of the molecule is CCNC(=O)CNC(=O)Nc1cc(F)ccc1N1CCN(C)CC1. The Morgan fingerprint density at radius 1 is 1.17 bits per heavy atom. The van der Waals surface area contributed by atoms with E-state index >= 15 is 0 Å². The Balaban J connectivity index is 2.02. The lowest BCUT2D eigenvalue weighted by Crippen LogP contribution is -2.45. The van der Waals surface area contributed by atoms with Gasteiger partial charge in [-0.3, -0.25) is 4.79 Å². The summed E-state index contributed by atoms with van der Waals surface area (Å²) in [7, 11) is 2.05. The topological polar surface area (TPSA) is 76.7 Å². The molecule has 0 spiro atoms. The maximum atomic E-state index is 13.6. The summed E-state index contributed by atoms with van der Waals surface area (Å²) in [4.78, 5) is 27.7. The highest BCUT2D eigenvalue weighted by atomic mass is 19.1. The van der Waals surface area contributed by atoms with Crippen molar-refractivity contribution in [2.24, 2.45) is 0 Å². The van der Waals surface area contributed by atoms with Crippen LogP contribution in [-0.4, -0.2) is 63.2 Å². The van der Waals surface area contributed by atoms with Crippen LogP contribution in [-0.2, 0) is 4.79 Å². The molecular formula is C16H24FN5O2. The Labute approximate surface area is 141 Å². The Morgan fingerprint density at radius 3 is 2.54 bits per heavy atom. The van der Waals surface area contributed by atoms with Crippen molar-refractivity contribution in [3.8, 4) is 0 Å². The predicted octanol–water partition coefficient (Wildman–Crippen LogP) is 0.835. The van der Waals surface area contributed by atoms with E-state index in [1.807, 2.05) is 0 Å². The second-order valence-corrected chi connectivity index (χ2v) is 5.71. The van der Waals surface area contributed by atoms with Gasteiger partial charge in [-0.25, -0.2) is 9.18 Å². The Bertz CT molecular complexity index is 588. The van der Waals surface area contributed by atoms with E-state index in [-0.39, 0.29) is 12.5 Å². The first kappa shape index (κ1) is 18.0. The molecule has 1 aliphatic rings. The third-order valence-electron chi connectivity index (χ3n) is 3.83. The van der Waals surface area contributed by atoms with Crippen molar-refractivity contribution in [1.82, 2.24) is 15.5 Å². The lowest BCUT2D eigenvalue weighted by atomic mass is 10.2. The van der Waals surface area contributed by atoms with E-state index in [2.05, 4.69) is 32.8 Å². The van der Waals surface area contributed by atoms with Crippen molar-refractivity contribution in [3.05, 3.63) is 24.0 Å². The van der Waals surface area contributed by atoms with Gasteiger partial charge in [0.1, 0.15) is 5.82 Å². The molecule has 1 saturated heterocycles. The number of anilines is 2. The molecule has 3 amide bonds. The number of hydrogen-bond acceptors (Lipinski definition) is 4. The Hall–Kier alpha value is -2.35. The molecule has 1 aromatic rings. The molecular weight excluding hydrogens is 313 g/mol. The smallest absolute Gasteiger partial charge is 0.319 e. The van der Waals surface area contributed by atoms with Crippen molar-refractivity contribution in [2.75, 3.05) is 56.5 Å². The van der Waals surface area contributed by atoms with E-state index in [1.54, 1.807) is 13.0 Å². The van der Waals surface area contributed by atoms with Crippen LogP contribution in [0.5, 0.6) is 0 Å². The largest absolute Gasteiger partial charge is 0.367 e. The van der Waals surface area contributed by atoms with Crippen molar-refractivity contribution in [2.45, 2.75) is 6.92 Å². The van der Waals surface area contributed by atoms with Gasteiger partial charge in [0, 0.05) is 32.7 Å². The maximum Gasteiger partial charge on any atom is 0.319 e. The van der Waals surface area contributed by atoms with Gasteiger partial charge in [-0.15, -0.1) is 0 Å². The zero-order valence-corrected chi connectivity index (χ0v) is 14.1. The number of nitrogens with zero attached hydrogens (tertiary/aromatic N) is 2. The molecule has 132 valence electrons. The minimum absolute atomic E-state index is 0.126. The summed E-state index contributed by atoms with van der Waals surface area (Å²) in [5.74, 6) is -0.696. The zero-order chi connectivity index (χ0) is 17.5. The zero-order valence-electron chi connectivity index (χ0n) is 14.1. The fourth-order valence-corrected chi connectivity index (χ4v) is 2.52. The molecule has 0 bridgehead atoms. The first-order valence-corrected chi connectivity index (χ1v) is 8.04. The van der Waals surface area contributed by atoms with E-state index in [4.69, 9.17) is 0 Å². The molecule has 1 heterocycles. The van der Waals surface area contributed by atoms with Gasteiger partial charge in [0.05, 0.1) is 17.9 Å². The number of urea groups is 1. The molecule has 1 aromatic carbocycles. The molecule has 0 atom stereocenters. The third kappa shape index (κ3) is 5.09. The summed E-state index contributed by atoms with van der Waals surface area (Å²) in [6, 6.07) is 3.80. The normalized spacial score (nSPS) is 15.0. The summed E-state index contributed by atoms with van der Waals surface area (Å²) in [5.41, 5.74) is 1.17. The predicted molar refractivity (Wildman–Crippen MR) is 91.8 cm³/mol. The van der Waals surface area contributed by atoms with Crippen LogP contribution in [0.2, 0.25) is 0 Å². The average molecular weight is 337 g/mol. The number of halogens is 1. The Morgan fingerprint density at radius 2 is 1.88 bits per heavy atom. The molecule has 24 heavy (non-hydrogen) atoms. The van der Waals surface area contributed by atoms with Crippen LogP contribution in [0.25, 0.3) is 0 Å². The van der Waals surface area contributed by atoms with Gasteiger partial charge >= 0.3 is 6.03 Å². The quantitative estimate of drug-likeness (QED) is 0.744. The van der Waals surface area contributed by atoms with Crippen LogP contribution >= 0.6 is 0 Å². The minimum atomic E-state index is -0.540. The van der Waals surface area contributed by atoms with Crippen LogP contribution in [0, 0.1) is 5.82 Å². The van der Waals surface area contributed by atoms with Gasteiger partial charge in [0.2, 0.25) is 5.91 Å². The summed E-state index contributed by atoms with van der Waals surface area (Å²) in [6.45, 7) is 5.58. The lowest BCUT2D eigenvalue weighted by Gasteiger charge is -2.35. The molecule has 0 unspecified atom stereocenters. The highest BCUT2D eigenvalue weighted by Crippen LogP contribution is 2.27. The number of amides is 3. The molecule has 0 radical (unpaired) electrons. The van der Waals surface area contributed by atoms with E-state index in [0.29, 0.717) is 12.2 Å². The van der Waals surface area contributed by atoms with Gasteiger partial charge in [-0.2, -0.15) is 0 Å². The van der Waals surface area contributed by atoms with E-state index < -0.39 is 11.8 Å². The summed E-state index contributed by atoms with van der Waals surface area (Å²) >= 11 is 0. The number of carbonyl (C=O) groups excluding carboxylic acids is 2. The number of likely N-dealkylation sites (N-methyl/N-ethyl adjacent to an activating group) is 2. The van der Waals surface area contributed by atoms with Crippen molar-refractivity contribution < 1.29 is 14.0 Å². The number of carbonyl (C=O) groups is 2. The van der Waals surface area contributed by atoms with Crippen LogP contribution in [0.1, 0.15) is 6.92 Å². The second-order valence-electron chi connectivity index (χ2n) is 5.71. The van der Waals surface area contributed by atoms with Crippen LogP contribution in [0.15, 0.2) is 18.2 Å². The number of piperazine rings is 1. The monoisotopic (exact) mass is 337 g/mol. The van der Waals surface area contributed by atoms with Crippen LogP contribution in [0.3, 0.4) is 0 Å². The van der Waals surface area contributed by atoms with Gasteiger partial charge in [0.25, 0.3) is 0 Å². The molecule has 7 nitrogen and oxygen atoms in total. The fraction of sp³-hybridized carbons (Fsp3) is 0.500. The highest BCUT2D eigenvalue weighted by molar-refractivity contribution is 5.95. The summed E-state index contributed by atoms with van der Waals surface area (Å²) in [6.07, 6.45) is 0. The van der Waals surface area contributed by atoms with Gasteiger partial charge in [-0.05, 0) is 32.2 Å². The Kier molecular flexibility index (Phi) is 6.36. The van der Waals surface area contributed by atoms with Crippen molar-refractivity contribution >= 4 is 23.3 Å². The first-order chi connectivity index (χ1) is 11.5. The molecule has 2 rings (SSSR count). The molecule has 3 N–H and O–H groups in total. The van der Waals surface area contributed by atoms with E-state index in [9.17, 15) is 14.0 Å². The van der Waals surface area contributed by atoms with Crippen molar-refractivity contribution in [3.63, 3.8) is 0 Å². The fourth-order valence-electron chi connectivity index (χ4n) is 2.52. The molecule has 1 aliphatic heterocycles. The molecule has 0 aliphatic carbocycles. The summed E-state index contributed by atoms with van der Waals surface area (Å²) in [5, 5.41) is 7.68. The summed E-state index contributed by atoms with van der Waals surface area (Å²) < 4.78 is 13.6. The van der Waals surface area contributed by atoms with Crippen LogP contribution < -0.4 is 20.9 Å². The number of benzene rings is 1. The van der Waals surface area contributed by atoms with E-state index in [0.717, 1.165) is 31.9 Å². The molecule has 0 saturated carbocycles. The number of rotatable bonds is 5. The number of nitrogens with one attached hydrogen (secondary N) is 3. The minimum Gasteiger partial charge on any atom is -0.367 e. The lowest BCUT2D eigenvalue weighted by molar-refractivity contribution is -0.119. The molecule has 8 heteroatoms. The third-order valence-corrected chi connectivity index (χ3v) is 3.83. The maximum absolute atomic E-state index is 13.6. The average Bonchev–Trinajstić information content (AvgIpc) is 2.55. The molecule has 1 fully saturated rings. The second kappa shape index (κ2) is 8.49. The van der Waals surface area contributed by atoms with Gasteiger partial charge in [0.15, 0.2) is 0 Å². The van der Waals surface area contributed by atoms with Crippen LogP contribution in [0.4, 0.5) is 20.6 Å². The number of hydrogen-bond donors (Lipinski definition) is 3. The molecule has 0 aromatic heterocycles. The van der Waals surface area contributed by atoms with Gasteiger partial charge in [-0.1, -0.05) is 0 Å². The highest BCUT2D eigenvalue weighted by Gasteiger charge is 2.18. The first-order valence-electron chi connectivity index (χ1n) is 8.04. The van der Waals surface area contributed by atoms with Gasteiger partial charge < -0.3 is 25.8 Å². The van der Waals surface area contributed by atoms with Crippen molar-refractivity contribution in [1.29, 1.82) is 0 Å². The standard InChI is InChI=1S/C16H24FN5O2/c1-3-18-15(23)11-19-16(24)20-13-10-12(17)4-5-14(13)22-8-6-21(2)7-9-22/h4-5,10H,3,6-9,11H2,1-2H3,(H,18,23)(H2,19,20,24). The van der Waals surface area contributed by atoms with E-state index in [1.165, 1.54) is 12.1 Å².